The number of aromatic nitrogens is 1. The average Bonchev–Trinajstić information content (AvgIpc) is 2.99. The van der Waals surface area contributed by atoms with Crippen LogP contribution in [0.4, 0.5) is 13.2 Å². The van der Waals surface area contributed by atoms with Gasteiger partial charge in [0.25, 0.3) is 0 Å². The van der Waals surface area contributed by atoms with Crippen LogP contribution in [0, 0.1) is 5.92 Å². The maximum absolute atomic E-state index is 12.2. The molecule has 0 spiro atoms. The summed E-state index contributed by atoms with van der Waals surface area (Å²) in [5.74, 6) is 0.136. The van der Waals surface area contributed by atoms with E-state index in [-0.39, 0.29) is 24.2 Å². The van der Waals surface area contributed by atoms with Crippen LogP contribution in [-0.4, -0.2) is 41.0 Å². The number of alkyl halides is 3. The van der Waals surface area contributed by atoms with E-state index >= 15 is 0 Å². The van der Waals surface area contributed by atoms with Gasteiger partial charge in [-0.3, -0.25) is 9.88 Å². The van der Waals surface area contributed by atoms with E-state index in [1.807, 2.05) is 12.1 Å². The third-order valence-electron chi connectivity index (χ3n) is 4.45. The monoisotopic (exact) mass is 352 g/mol. The molecular formula is C18H19F3N2O2. The lowest BCUT2D eigenvalue weighted by Gasteiger charge is -2.17. The van der Waals surface area contributed by atoms with E-state index in [1.54, 1.807) is 24.5 Å². The lowest BCUT2D eigenvalue weighted by Crippen LogP contribution is -2.21. The molecule has 1 aliphatic rings. The number of ether oxygens (including phenoxy) is 1. The van der Waals surface area contributed by atoms with Crippen LogP contribution in [0.15, 0.2) is 48.8 Å². The fourth-order valence-electron chi connectivity index (χ4n) is 3.32. The van der Waals surface area contributed by atoms with E-state index in [0.717, 1.165) is 24.2 Å². The fraction of sp³-hybridized carbons (Fsp3) is 0.389. The van der Waals surface area contributed by atoms with Crippen molar-refractivity contribution < 1.29 is 23.0 Å². The molecule has 1 fully saturated rings. The molecular weight excluding hydrogens is 333 g/mol. The quantitative estimate of drug-likeness (QED) is 0.898. The highest BCUT2D eigenvalue weighted by Gasteiger charge is 2.33. The SMILES string of the molecule is OC[C@@H]1CN(Cc2ccc(OC(F)(F)F)cc2)C[C@H]1c1ccncc1. The maximum atomic E-state index is 12.2. The Bertz CT molecular complexity index is 677. The van der Waals surface area contributed by atoms with Crippen molar-refractivity contribution in [2.45, 2.75) is 18.8 Å². The second-order valence-corrected chi connectivity index (χ2v) is 6.22. The number of aliphatic hydroxyl groups is 1. The predicted molar refractivity (Wildman–Crippen MR) is 86.0 cm³/mol. The Balaban J connectivity index is 1.64. The number of aliphatic hydroxyl groups excluding tert-OH is 1. The van der Waals surface area contributed by atoms with E-state index in [4.69, 9.17) is 0 Å². The van der Waals surface area contributed by atoms with Crippen LogP contribution >= 0.6 is 0 Å². The zero-order valence-corrected chi connectivity index (χ0v) is 13.5. The van der Waals surface area contributed by atoms with Crippen molar-refractivity contribution in [1.82, 2.24) is 9.88 Å². The molecule has 0 amide bonds. The smallest absolute Gasteiger partial charge is 0.406 e. The number of hydrogen-bond acceptors (Lipinski definition) is 4. The number of benzene rings is 1. The summed E-state index contributed by atoms with van der Waals surface area (Å²) in [6, 6.07) is 9.83. The first-order valence-electron chi connectivity index (χ1n) is 8.02. The highest BCUT2D eigenvalue weighted by Crippen LogP contribution is 2.33. The second-order valence-electron chi connectivity index (χ2n) is 6.22. The minimum Gasteiger partial charge on any atom is -0.406 e. The number of rotatable bonds is 5. The Kier molecular flexibility index (Phi) is 5.24. The summed E-state index contributed by atoms with van der Waals surface area (Å²) in [5.41, 5.74) is 2.05. The van der Waals surface area contributed by atoms with Gasteiger partial charge in [-0.25, -0.2) is 0 Å². The minimum absolute atomic E-state index is 0.0991. The molecule has 0 saturated carbocycles. The maximum Gasteiger partial charge on any atom is 0.573 e. The summed E-state index contributed by atoms with van der Waals surface area (Å²) in [5, 5.41) is 9.66. The van der Waals surface area contributed by atoms with Crippen LogP contribution in [0.1, 0.15) is 17.0 Å². The molecule has 1 N–H and O–H groups in total. The van der Waals surface area contributed by atoms with Gasteiger partial charge in [-0.15, -0.1) is 13.2 Å². The largest absolute Gasteiger partial charge is 0.573 e. The molecule has 1 aromatic heterocycles. The Morgan fingerprint density at radius 1 is 1.08 bits per heavy atom. The Labute approximate surface area is 143 Å². The summed E-state index contributed by atoms with van der Waals surface area (Å²) in [4.78, 5) is 6.22. The summed E-state index contributed by atoms with van der Waals surface area (Å²) < 4.78 is 40.5. The molecule has 2 heterocycles. The number of likely N-dealkylation sites (tertiary alicyclic amines) is 1. The van der Waals surface area contributed by atoms with Crippen LogP contribution in [0.3, 0.4) is 0 Å². The van der Waals surface area contributed by atoms with E-state index in [9.17, 15) is 18.3 Å². The summed E-state index contributed by atoms with van der Waals surface area (Å²) >= 11 is 0. The van der Waals surface area contributed by atoms with Gasteiger partial charge in [-0.05, 0) is 35.4 Å². The second kappa shape index (κ2) is 7.41. The van der Waals surface area contributed by atoms with Crippen molar-refractivity contribution in [2.75, 3.05) is 19.7 Å². The van der Waals surface area contributed by atoms with Gasteiger partial charge in [0, 0.05) is 50.5 Å². The zero-order valence-electron chi connectivity index (χ0n) is 13.5. The van der Waals surface area contributed by atoms with Crippen molar-refractivity contribution in [3.05, 3.63) is 59.9 Å². The van der Waals surface area contributed by atoms with Crippen molar-refractivity contribution in [1.29, 1.82) is 0 Å². The first-order chi connectivity index (χ1) is 11.9. The van der Waals surface area contributed by atoms with Gasteiger partial charge in [-0.2, -0.15) is 0 Å². The lowest BCUT2D eigenvalue weighted by molar-refractivity contribution is -0.274. The first kappa shape index (κ1) is 17.7. The van der Waals surface area contributed by atoms with Gasteiger partial charge in [0.15, 0.2) is 0 Å². The van der Waals surface area contributed by atoms with Gasteiger partial charge in [0.1, 0.15) is 5.75 Å². The van der Waals surface area contributed by atoms with Crippen LogP contribution in [-0.2, 0) is 6.54 Å². The number of hydrogen-bond donors (Lipinski definition) is 1. The molecule has 1 aliphatic heterocycles. The Morgan fingerprint density at radius 2 is 1.76 bits per heavy atom. The van der Waals surface area contributed by atoms with Gasteiger partial charge in [0.2, 0.25) is 0 Å². The molecule has 7 heteroatoms. The van der Waals surface area contributed by atoms with Crippen LogP contribution in [0.25, 0.3) is 0 Å². The highest BCUT2D eigenvalue weighted by molar-refractivity contribution is 5.28. The Morgan fingerprint density at radius 3 is 2.36 bits per heavy atom. The highest BCUT2D eigenvalue weighted by atomic mass is 19.4. The summed E-state index contributed by atoms with van der Waals surface area (Å²) in [6.07, 6.45) is -1.19. The van der Waals surface area contributed by atoms with Crippen molar-refractivity contribution in [3.8, 4) is 5.75 Å². The number of pyridine rings is 1. The molecule has 1 aromatic carbocycles. The molecule has 1 saturated heterocycles. The van der Waals surface area contributed by atoms with Crippen LogP contribution < -0.4 is 4.74 Å². The van der Waals surface area contributed by atoms with E-state index in [0.29, 0.717) is 6.54 Å². The van der Waals surface area contributed by atoms with Crippen molar-refractivity contribution in [3.63, 3.8) is 0 Å². The molecule has 2 aromatic rings. The molecule has 0 unspecified atom stereocenters. The van der Waals surface area contributed by atoms with Crippen molar-refractivity contribution >= 4 is 0 Å². The van der Waals surface area contributed by atoms with Crippen molar-refractivity contribution in [2.24, 2.45) is 5.92 Å². The molecule has 2 atom stereocenters. The van der Waals surface area contributed by atoms with Gasteiger partial charge in [0.05, 0.1) is 0 Å². The molecule has 3 rings (SSSR count). The minimum atomic E-state index is -4.68. The van der Waals surface area contributed by atoms with Crippen LogP contribution in [0.2, 0.25) is 0 Å². The third-order valence-corrected chi connectivity index (χ3v) is 4.45. The Hall–Kier alpha value is -2.12. The van der Waals surface area contributed by atoms with E-state index in [1.165, 1.54) is 12.1 Å². The summed E-state index contributed by atoms with van der Waals surface area (Å²) in [6.45, 7) is 2.24. The van der Waals surface area contributed by atoms with Crippen LogP contribution in [0.5, 0.6) is 5.75 Å². The molecule has 25 heavy (non-hydrogen) atoms. The van der Waals surface area contributed by atoms with E-state index in [2.05, 4.69) is 14.6 Å². The van der Waals surface area contributed by atoms with Gasteiger partial charge in [-0.1, -0.05) is 12.1 Å². The lowest BCUT2D eigenvalue weighted by atomic mass is 9.90. The van der Waals surface area contributed by atoms with E-state index < -0.39 is 6.36 Å². The number of halogens is 3. The molecule has 0 aliphatic carbocycles. The molecule has 0 radical (unpaired) electrons. The first-order valence-corrected chi connectivity index (χ1v) is 8.02. The zero-order chi connectivity index (χ0) is 17.9. The molecule has 134 valence electrons. The summed E-state index contributed by atoms with van der Waals surface area (Å²) in [7, 11) is 0. The normalized spacial score (nSPS) is 21.4. The topological polar surface area (TPSA) is 45.6 Å². The fourth-order valence-corrected chi connectivity index (χ4v) is 3.32. The predicted octanol–water partition coefficient (Wildman–Crippen LogP) is 3.19. The molecule has 4 nitrogen and oxygen atoms in total. The van der Waals surface area contributed by atoms with Gasteiger partial charge < -0.3 is 9.84 Å². The average molecular weight is 352 g/mol. The number of nitrogens with zero attached hydrogens (tertiary/aromatic N) is 2. The standard InChI is InChI=1S/C18H19F3N2O2/c19-18(20,21)25-16-3-1-13(2-4-16)9-23-10-15(12-24)17(11-23)14-5-7-22-8-6-14/h1-8,15,17,24H,9-12H2/t15-,17-/m0/s1. The third kappa shape index (κ3) is 4.70. The van der Waals surface area contributed by atoms with Gasteiger partial charge >= 0.3 is 6.36 Å². The molecule has 0 bridgehead atoms.